The summed E-state index contributed by atoms with van der Waals surface area (Å²) in [6.45, 7) is 8.50. The normalized spacial score (nSPS) is 11.9. The number of benzene rings is 2. The average Bonchev–Trinajstić information content (AvgIpc) is 3.40. The van der Waals surface area contributed by atoms with E-state index < -0.39 is 0 Å². The molecule has 0 fully saturated rings. The van der Waals surface area contributed by atoms with Crippen molar-refractivity contribution in [3.63, 3.8) is 0 Å². The fraction of sp³-hybridized carbons (Fsp3) is 0.179. The van der Waals surface area contributed by atoms with Crippen molar-refractivity contribution >= 4 is 33.1 Å². The molecular formula is C28H24N4O. The van der Waals surface area contributed by atoms with Gasteiger partial charge >= 0.3 is 0 Å². The minimum absolute atomic E-state index is 0.219. The molecular weight excluding hydrogens is 408 g/mol. The van der Waals surface area contributed by atoms with Gasteiger partial charge in [-0.05, 0) is 57.5 Å². The highest BCUT2D eigenvalue weighted by atomic mass is 16.3. The fourth-order valence-corrected chi connectivity index (χ4v) is 4.77. The van der Waals surface area contributed by atoms with Crippen molar-refractivity contribution in [3.8, 4) is 22.6 Å². The highest BCUT2D eigenvalue weighted by molar-refractivity contribution is 6.10. The number of rotatable bonds is 3. The maximum absolute atomic E-state index is 6.46. The van der Waals surface area contributed by atoms with Gasteiger partial charge in [-0.2, -0.15) is 0 Å². The maximum atomic E-state index is 6.46. The molecule has 4 aromatic heterocycles. The van der Waals surface area contributed by atoms with Gasteiger partial charge in [0.25, 0.3) is 0 Å². The van der Waals surface area contributed by atoms with E-state index in [0.29, 0.717) is 5.71 Å². The second-order valence-corrected chi connectivity index (χ2v) is 8.81. The van der Waals surface area contributed by atoms with Crippen molar-refractivity contribution in [3.05, 3.63) is 78.1 Å². The van der Waals surface area contributed by atoms with Gasteiger partial charge in [0, 0.05) is 28.6 Å². The first kappa shape index (κ1) is 19.7. The van der Waals surface area contributed by atoms with Crippen LogP contribution in [-0.2, 0) is 0 Å². The predicted octanol–water partition coefficient (Wildman–Crippen LogP) is 7.26. The van der Waals surface area contributed by atoms with Crippen LogP contribution >= 0.6 is 0 Å². The van der Waals surface area contributed by atoms with Crippen LogP contribution < -0.4 is 0 Å². The maximum Gasteiger partial charge on any atom is 0.227 e. The van der Waals surface area contributed by atoms with Gasteiger partial charge in [0.05, 0.1) is 28.0 Å². The van der Waals surface area contributed by atoms with E-state index in [1.807, 2.05) is 37.4 Å². The molecule has 0 radical (unpaired) electrons. The number of furan rings is 1. The molecule has 0 bridgehead atoms. The molecule has 0 saturated carbocycles. The predicted molar refractivity (Wildman–Crippen MR) is 133 cm³/mol. The quantitative estimate of drug-likeness (QED) is 0.295. The zero-order valence-electron chi connectivity index (χ0n) is 19.1. The molecule has 5 nitrogen and oxygen atoms in total. The molecule has 0 atom stereocenters. The van der Waals surface area contributed by atoms with E-state index in [2.05, 4.69) is 66.7 Å². The van der Waals surface area contributed by atoms with Crippen LogP contribution in [0, 0.1) is 13.8 Å². The monoisotopic (exact) mass is 432 g/mol. The summed E-state index contributed by atoms with van der Waals surface area (Å²) in [6.07, 6.45) is 1.82. The summed E-state index contributed by atoms with van der Waals surface area (Å²) >= 11 is 0. The first-order chi connectivity index (χ1) is 16.0. The highest BCUT2D eigenvalue weighted by Crippen LogP contribution is 2.39. The minimum atomic E-state index is 0.219. The standard InChI is InChI=1S/C28H24N4O/c1-16(2)32-25-18(4)29-15-14-23(25)30-27(32)21-11-10-17(3)24-20-12-13-22(19-8-6-5-7-9-19)31-28(20)33-26(21)24/h5-16H,1-4H3. The van der Waals surface area contributed by atoms with Crippen LogP contribution in [0.25, 0.3) is 55.7 Å². The first-order valence-corrected chi connectivity index (χ1v) is 11.2. The van der Waals surface area contributed by atoms with Crippen molar-refractivity contribution in [2.24, 2.45) is 0 Å². The lowest BCUT2D eigenvalue weighted by Gasteiger charge is -2.14. The van der Waals surface area contributed by atoms with Crippen LogP contribution in [0.2, 0.25) is 0 Å². The van der Waals surface area contributed by atoms with E-state index in [-0.39, 0.29) is 6.04 Å². The Morgan fingerprint density at radius 3 is 2.48 bits per heavy atom. The van der Waals surface area contributed by atoms with E-state index >= 15 is 0 Å². The summed E-state index contributed by atoms with van der Waals surface area (Å²) in [5.41, 5.74) is 8.56. The number of hydrogen-bond acceptors (Lipinski definition) is 4. The van der Waals surface area contributed by atoms with Crippen molar-refractivity contribution < 1.29 is 4.42 Å². The molecule has 6 rings (SSSR count). The smallest absolute Gasteiger partial charge is 0.227 e. The van der Waals surface area contributed by atoms with Gasteiger partial charge in [0.15, 0.2) is 0 Å². The van der Waals surface area contributed by atoms with Crippen LogP contribution in [0.3, 0.4) is 0 Å². The first-order valence-electron chi connectivity index (χ1n) is 11.2. The van der Waals surface area contributed by atoms with Crippen molar-refractivity contribution in [1.82, 2.24) is 19.5 Å². The molecule has 4 heterocycles. The Balaban J connectivity index is 1.66. The van der Waals surface area contributed by atoms with Gasteiger partial charge < -0.3 is 8.98 Å². The van der Waals surface area contributed by atoms with Crippen molar-refractivity contribution in [2.45, 2.75) is 33.7 Å². The Hall–Kier alpha value is -3.99. The fourth-order valence-electron chi connectivity index (χ4n) is 4.77. The average molecular weight is 433 g/mol. The summed E-state index contributed by atoms with van der Waals surface area (Å²) in [6, 6.07) is 20.8. The molecule has 162 valence electrons. The summed E-state index contributed by atoms with van der Waals surface area (Å²) in [5.74, 6) is 0.892. The van der Waals surface area contributed by atoms with Crippen molar-refractivity contribution in [2.75, 3.05) is 0 Å². The summed E-state index contributed by atoms with van der Waals surface area (Å²) in [7, 11) is 0. The van der Waals surface area contributed by atoms with E-state index in [1.165, 1.54) is 0 Å². The second-order valence-electron chi connectivity index (χ2n) is 8.81. The number of aromatic nitrogens is 4. The van der Waals surface area contributed by atoms with Gasteiger partial charge in [-0.15, -0.1) is 0 Å². The summed E-state index contributed by atoms with van der Waals surface area (Å²) in [5, 5.41) is 2.11. The molecule has 0 saturated heterocycles. The van der Waals surface area contributed by atoms with Gasteiger partial charge in [-0.25, -0.2) is 9.97 Å². The molecule has 33 heavy (non-hydrogen) atoms. The molecule has 0 spiro atoms. The number of aryl methyl sites for hydroxylation is 2. The largest absolute Gasteiger partial charge is 0.437 e. The minimum Gasteiger partial charge on any atom is -0.437 e. The molecule has 0 unspecified atom stereocenters. The molecule has 0 amide bonds. The molecule has 0 aliphatic heterocycles. The van der Waals surface area contributed by atoms with Crippen molar-refractivity contribution in [1.29, 1.82) is 0 Å². The second kappa shape index (κ2) is 7.27. The van der Waals surface area contributed by atoms with Crippen LogP contribution in [0.1, 0.15) is 31.1 Å². The Kier molecular flexibility index (Phi) is 4.34. The van der Waals surface area contributed by atoms with Crippen LogP contribution in [-0.4, -0.2) is 19.5 Å². The topological polar surface area (TPSA) is 56.7 Å². The third-order valence-electron chi connectivity index (χ3n) is 6.30. The number of hydrogen-bond donors (Lipinski definition) is 0. The third kappa shape index (κ3) is 2.96. The molecule has 5 heteroatoms. The van der Waals surface area contributed by atoms with Crippen LogP contribution in [0.4, 0.5) is 0 Å². The summed E-state index contributed by atoms with van der Waals surface area (Å²) < 4.78 is 8.72. The Bertz CT molecular complexity index is 1660. The lowest BCUT2D eigenvalue weighted by atomic mass is 10.0. The number of nitrogens with zero attached hydrogens (tertiary/aromatic N) is 4. The highest BCUT2D eigenvalue weighted by Gasteiger charge is 2.22. The van der Waals surface area contributed by atoms with E-state index in [1.54, 1.807) is 0 Å². The zero-order chi connectivity index (χ0) is 22.7. The number of fused-ring (bicyclic) bond motifs is 4. The summed E-state index contributed by atoms with van der Waals surface area (Å²) in [4.78, 5) is 14.4. The lowest BCUT2D eigenvalue weighted by Crippen LogP contribution is -2.04. The van der Waals surface area contributed by atoms with Gasteiger partial charge in [0.2, 0.25) is 5.71 Å². The van der Waals surface area contributed by atoms with E-state index in [0.717, 1.165) is 61.3 Å². The number of pyridine rings is 2. The van der Waals surface area contributed by atoms with Gasteiger partial charge in [-0.1, -0.05) is 36.4 Å². The molecule has 2 aromatic carbocycles. The SMILES string of the molecule is Cc1ccc(-c2nc3ccnc(C)c3n2C(C)C)c2oc3nc(-c4ccccc4)ccc3c12. The molecule has 6 aromatic rings. The molecule has 0 aliphatic rings. The Morgan fingerprint density at radius 2 is 1.70 bits per heavy atom. The van der Waals surface area contributed by atoms with E-state index in [9.17, 15) is 0 Å². The van der Waals surface area contributed by atoms with E-state index in [4.69, 9.17) is 14.4 Å². The van der Waals surface area contributed by atoms with Crippen LogP contribution in [0.5, 0.6) is 0 Å². The number of imidazole rings is 1. The Labute approximate surface area is 191 Å². The third-order valence-corrected chi connectivity index (χ3v) is 6.30. The molecule has 0 aliphatic carbocycles. The van der Waals surface area contributed by atoms with Gasteiger partial charge in [0.1, 0.15) is 11.4 Å². The van der Waals surface area contributed by atoms with Crippen LogP contribution in [0.15, 0.2) is 71.3 Å². The molecule has 0 N–H and O–H groups in total. The Morgan fingerprint density at radius 1 is 0.879 bits per heavy atom. The van der Waals surface area contributed by atoms with Gasteiger partial charge in [-0.3, -0.25) is 4.98 Å². The zero-order valence-corrected chi connectivity index (χ0v) is 19.1. The lowest BCUT2D eigenvalue weighted by molar-refractivity contribution is 0.620.